The molecule has 0 aromatic heterocycles. The molecular weight excluding hydrogens is 464 g/mol. The highest BCUT2D eigenvalue weighted by Crippen LogP contribution is 2.32. The first kappa shape index (κ1) is 23.1. The number of fused-ring (bicyclic) bond motifs is 1. The molecule has 10 heteroatoms. The fraction of sp³-hybridized carbons (Fsp3) is 0.348. The van der Waals surface area contributed by atoms with Gasteiger partial charge in [0.1, 0.15) is 0 Å². The van der Waals surface area contributed by atoms with Crippen LogP contribution in [0.15, 0.2) is 36.4 Å². The third kappa shape index (κ3) is 5.31. The lowest BCUT2D eigenvalue weighted by Gasteiger charge is -2.37. The third-order valence-electron chi connectivity index (χ3n) is 5.49. The van der Waals surface area contributed by atoms with E-state index in [1.807, 2.05) is 30.9 Å². The van der Waals surface area contributed by atoms with Crippen molar-refractivity contribution < 1.29 is 19.1 Å². The Balaban J connectivity index is 1.33. The molecule has 33 heavy (non-hydrogen) atoms. The summed E-state index contributed by atoms with van der Waals surface area (Å²) in [5, 5.41) is 6.36. The Morgan fingerprint density at radius 3 is 2.45 bits per heavy atom. The van der Waals surface area contributed by atoms with Crippen molar-refractivity contribution in [3.05, 3.63) is 47.0 Å². The zero-order chi connectivity index (χ0) is 23.5. The Morgan fingerprint density at radius 2 is 1.76 bits per heavy atom. The molecule has 1 saturated heterocycles. The van der Waals surface area contributed by atoms with E-state index >= 15 is 0 Å². The number of ether oxygens (including phenoxy) is 2. The van der Waals surface area contributed by atoms with Gasteiger partial charge in [-0.2, -0.15) is 0 Å². The van der Waals surface area contributed by atoms with Gasteiger partial charge in [0.2, 0.25) is 12.7 Å². The molecule has 2 aromatic carbocycles. The minimum atomic E-state index is -0.359. The first-order valence-electron chi connectivity index (χ1n) is 10.7. The molecule has 8 nitrogen and oxygen atoms in total. The monoisotopic (exact) mass is 488 g/mol. The second-order valence-electron chi connectivity index (χ2n) is 8.11. The molecule has 0 aliphatic carbocycles. The number of anilines is 2. The van der Waals surface area contributed by atoms with Gasteiger partial charge in [-0.05, 0) is 48.6 Å². The minimum absolute atomic E-state index is 0.000120. The summed E-state index contributed by atoms with van der Waals surface area (Å²) >= 11 is 11.8. The number of piperazine rings is 1. The largest absolute Gasteiger partial charge is 0.454 e. The molecule has 0 saturated carbocycles. The molecule has 4 rings (SSSR count). The zero-order valence-electron chi connectivity index (χ0n) is 18.4. The summed E-state index contributed by atoms with van der Waals surface area (Å²) in [4.78, 5) is 28.7. The van der Waals surface area contributed by atoms with Gasteiger partial charge in [-0.15, -0.1) is 0 Å². The van der Waals surface area contributed by atoms with Gasteiger partial charge >= 0.3 is 0 Å². The molecule has 2 heterocycles. The van der Waals surface area contributed by atoms with Crippen LogP contribution in [0.2, 0.25) is 5.02 Å². The van der Waals surface area contributed by atoms with E-state index in [9.17, 15) is 9.59 Å². The van der Waals surface area contributed by atoms with E-state index in [0.29, 0.717) is 40.9 Å². The number of amides is 2. The van der Waals surface area contributed by atoms with Crippen molar-refractivity contribution in [2.45, 2.75) is 13.8 Å². The Kier molecular flexibility index (Phi) is 6.90. The number of nitrogens with zero attached hydrogens (tertiary/aromatic N) is 2. The second-order valence-corrected chi connectivity index (χ2v) is 8.92. The van der Waals surface area contributed by atoms with Gasteiger partial charge in [0.25, 0.3) is 5.91 Å². The van der Waals surface area contributed by atoms with Gasteiger partial charge in [-0.25, -0.2) is 0 Å². The highest BCUT2D eigenvalue weighted by Gasteiger charge is 2.24. The maximum absolute atomic E-state index is 12.5. The average Bonchev–Trinajstić information content (AvgIpc) is 3.26. The third-order valence-corrected chi connectivity index (χ3v) is 6.00. The minimum Gasteiger partial charge on any atom is -0.454 e. The van der Waals surface area contributed by atoms with Gasteiger partial charge in [0, 0.05) is 43.3 Å². The fourth-order valence-corrected chi connectivity index (χ4v) is 4.26. The van der Waals surface area contributed by atoms with Crippen LogP contribution >= 0.6 is 23.8 Å². The van der Waals surface area contributed by atoms with Crippen molar-refractivity contribution in [3.63, 3.8) is 0 Å². The summed E-state index contributed by atoms with van der Waals surface area (Å²) in [5.41, 5.74) is 1.97. The summed E-state index contributed by atoms with van der Waals surface area (Å²) in [7, 11) is 0. The fourth-order valence-electron chi connectivity index (χ4n) is 3.75. The molecule has 1 fully saturated rings. The quantitative estimate of drug-likeness (QED) is 0.637. The van der Waals surface area contributed by atoms with Gasteiger partial charge in [0.05, 0.1) is 10.7 Å². The smallest absolute Gasteiger partial charge is 0.257 e. The normalized spacial score (nSPS) is 14.9. The van der Waals surface area contributed by atoms with E-state index in [2.05, 4.69) is 15.5 Å². The second kappa shape index (κ2) is 9.84. The lowest BCUT2D eigenvalue weighted by atomic mass is 10.1. The number of rotatable bonds is 4. The van der Waals surface area contributed by atoms with Crippen LogP contribution < -0.4 is 25.0 Å². The van der Waals surface area contributed by atoms with E-state index in [-0.39, 0.29) is 29.6 Å². The van der Waals surface area contributed by atoms with E-state index in [1.165, 1.54) is 0 Å². The Bertz CT molecular complexity index is 1090. The summed E-state index contributed by atoms with van der Waals surface area (Å²) in [6.07, 6.45) is 0. The molecule has 0 radical (unpaired) electrons. The highest BCUT2D eigenvalue weighted by atomic mass is 35.5. The van der Waals surface area contributed by atoms with Gasteiger partial charge in [0.15, 0.2) is 16.6 Å². The van der Waals surface area contributed by atoms with Crippen molar-refractivity contribution in [2.75, 3.05) is 43.2 Å². The predicted molar refractivity (Wildman–Crippen MR) is 131 cm³/mol. The lowest BCUT2D eigenvalue weighted by Crippen LogP contribution is -2.50. The topological polar surface area (TPSA) is 83.1 Å². The van der Waals surface area contributed by atoms with E-state index in [4.69, 9.17) is 33.3 Å². The molecule has 0 unspecified atom stereocenters. The Morgan fingerprint density at radius 1 is 1.03 bits per heavy atom. The van der Waals surface area contributed by atoms with Crippen molar-refractivity contribution >= 4 is 52.1 Å². The molecule has 2 aliphatic heterocycles. The van der Waals surface area contributed by atoms with Crippen LogP contribution in [0.4, 0.5) is 11.4 Å². The number of thiocarbonyl (C=S) groups is 1. The number of hydrogen-bond acceptors (Lipinski definition) is 6. The molecule has 2 amide bonds. The summed E-state index contributed by atoms with van der Waals surface area (Å²) in [6, 6.07) is 10.5. The molecule has 2 N–H and O–H groups in total. The number of nitrogens with one attached hydrogen (secondary N) is 2. The molecule has 174 valence electrons. The zero-order valence-corrected chi connectivity index (χ0v) is 20.0. The molecule has 0 bridgehead atoms. The number of halogens is 1. The molecule has 2 aromatic rings. The predicted octanol–water partition coefficient (Wildman–Crippen LogP) is 3.50. The van der Waals surface area contributed by atoms with Gasteiger partial charge in [-0.1, -0.05) is 25.4 Å². The summed E-state index contributed by atoms with van der Waals surface area (Å²) in [5.74, 6) is 0.951. The molecule has 0 spiro atoms. The van der Waals surface area contributed by atoms with Crippen LogP contribution in [0.5, 0.6) is 11.5 Å². The van der Waals surface area contributed by atoms with Crippen LogP contribution in [-0.4, -0.2) is 54.8 Å². The van der Waals surface area contributed by atoms with Crippen molar-refractivity contribution in [3.8, 4) is 11.5 Å². The number of hydrogen-bond donors (Lipinski definition) is 2. The number of carbonyl (C=O) groups excluding carboxylic acids is 2. The highest BCUT2D eigenvalue weighted by molar-refractivity contribution is 7.80. The average molecular weight is 489 g/mol. The SMILES string of the molecule is CC(C)C(=O)N1CCN(c2ccc(NC(=S)NC(=O)c3ccc4c(c3)OCO4)cc2Cl)CC1. The van der Waals surface area contributed by atoms with Crippen molar-refractivity contribution in [1.29, 1.82) is 0 Å². The Hall–Kier alpha value is -3.04. The van der Waals surface area contributed by atoms with Crippen LogP contribution in [0, 0.1) is 5.92 Å². The van der Waals surface area contributed by atoms with E-state index < -0.39 is 0 Å². The standard InChI is InChI=1S/C23H25ClN4O4S/c1-14(2)22(30)28-9-7-27(8-10-28)18-5-4-16(12-17(18)24)25-23(33)26-21(29)15-3-6-19-20(11-15)32-13-31-19/h3-6,11-12,14H,7-10,13H2,1-2H3,(H2,25,26,29,33). The maximum Gasteiger partial charge on any atom is 0.257 e. The number of benzene rings is 2. The van der Waals surface area contributed by atoms with E-state index in [1.54, 1.807) is 24.3 Å². The molecule has 2 aliphatic rings. The number of carbonyl (C=O) groups is 2. The first-order chi connectivity index (χ1) is 15.8. The molecular formula is C23H25ClN4O4S. The van der Waals surface area contributed by atoms with E-state index in [0.717, 1.165) is 18.8 Å². The maximum atomic E-state index is 12.5. The van der Waals surface area contributed by atoms with Crippen molar-refractivity contribution in [1.82, 2.24) is 10.2 Å². The van der Waals surface area contributed by atoms with Crippen LogP contribution in [-0.2, 0) is 4.79 Å². The van der Waals surface area contributed by atoms with Crippen LogP contribution in [0.25, 0.3) is 0 Å². The summed E-state index contributed by atoms with van der Waals surface area (Å²) in [6.45, 7) is 6.75. The van der Waals surface area contributed by atoms with Crippen molar-refractivity contribution in [2.24, 2.45) is 5.92 Å². The first-order valence-corrected chi connectivity index (χ1v) is 11.5. The van der Waals surface area contributed by atoms with Crippen LogP contribution in [0.1, 0.15) is 24.2 Å². The van der Waals surface area contributed by atoms with Crippen LogP contribution in [0.3, 0.4) is 0 Å². The van der Waals surface area contributed by atoms with Gasteiger partial charge in [-0.3, -0.25) is 14.9 Å². The lowest BCUT2D eigenvalue weighted by molar-refractivity contribution is -0.134. The molecule has 0 atom stereocenters. The van der Waals surface area contributed by atoms with Gasteiger partial charge < -0.3 is 24.6 Å². The Labute approximate surface area is 202 Å². The summed E-state index contributed by atoms with van der Waals surface area (Å²) < 4.78 is 10.6.